The Labute approximate surface area is 121 Å². The molecule has 1 aromatic carbocycles. The quantitative estimate of drug-likeness (QED) is 0.843. The zero-order chi connectivity index (χ0) is 13.5. The molecule has 1 unspecified atom stereocenters. The molecule has 0 aliphatic carbocycles. The highest BCUT2D eigenvalue weighted by atomic mass is 79.9. The molecule has 2 heterocycles. The molecule has 3 rings (SSSR count). The molecule has 1 aromatic rings. The highest BCUT2D eigenvalue weighted by molar-refractivity contribution is 9.10. The minimum Gasteiger partial charge on any atom is -0.381 e. The van der Waals surface area contributed by atoms with Gasteiger partial charge in [0.15, 0.2) is 0 Å². The van der Waals surface area contributed by atoms with Crippen molar-refractivity contribution < 1.29 is 13.2 Å². The fraction of sp³-hybridized carbons (Fsp3) is 0.538. The van der Waals surface area contributed by atoms with Gasteiger partial charge in [0.25, 0.3) is 0 Å². The van der Waals surface area contributed by atoms with Crippen molar-refractivity contribution in [3.63, 3.8) is 0 Å². The van der Waals surface area contributed by atoms with Gasteiger partial charge >= 0.3 is 0 Å². The first kappa shape index (κ1) is 13.4. The van der Waals surface area contributed by atoms with Crippen LogP contribution in [0.3, 0.4) is 0 Å². The summed E-state index contributed by atoms with van der Waals surface area (Å²) in [5.74, 6) is 0.340. The summed E-state index contributed by atoms with van der Waals surface area (Å²) in [6.07, 6.45) is 1.63. The van der Waals surface area contributed by atoms with Gasteiger partial charge in [-0.15, -0.1) is 0 Å². The molecule has 0 spiro atoms. The second-order valence-electron chi connectivity index (χ2n) is 5.10. The van der Waals surface area contributed by atoms with E-state index in [4.69, 9.17) is 4.74 Å². The summed E-state index contributed by atoms with van der Waals surface area (Å²) in [4.78, 5) is 0. The molecule has 0 amide bonds. The van der Waals surface area contributed by atoms with E-state index in [1.165, 1.54) is 0 Å². The molecule has 2 aliphatic heterocycles. The molecule has 0 saturated carbocycles. The van der Waals surface area contributed by atoms with Crippen LogP contribution in [0.4, 0.5) is 5.69 Å². The molecule has 2 aliphatic rings. The number of nitrogens with zero attached hydrogens (tertiary/aromatic N) is 1. The smallest absolute Gasteiger partial charge is 0.235 e. The van der Waals surface area contributed by atoms with Gasteiger partial charge < -0.3 is 4.74 Å². The SMILES string of the molecule is O=S(=O)(CC1CCOC1)N1CCc2cc(Br)ccc21. The Balaban J connectivity index is 1.83. The van der Waals surface area contributed by atoms with Crippen LogP contribution in [0.2, 0.25) is 0 Å². The van der Waals surface area contributed by atoms with E-state index >= 15 is 0 Å². The van der Waals surface area contributed by atoms with Crippen LogP contribution in [0.15, 0.2) is 22.7 Å². The van der Waals surface area contributed by atoms with Crippen molar-refractivity contribution in [2.24, 2.45) is 5.92 Å². The van der Waals surface area contributed by atoms with E-state index in [1.54, 1.807) is 4.31 Å². The first-order valence-electron chi connectivity index (χ1n) is 6.43. The number of fused-ring (bicyclic) bond motifs is 1. The number of benzene rings is 1. The molecule has 1 saturated heterocycles. The maximum Gasteiger partial charge on any atom is 0.235 e. The maximum atomic E-state index is 12.5. The highest BCUT2D eigenvalue weighted by Gasteiger charge is 2.32. The van der Waals surface area contributed by atoms with Crippen molar-refractivity contribution in [2.45, 2.75) is 12.8 Å². The molecule has 6 heteroatoms. The highest BCUT2D eigenvalue weighted by Crippen LogP contribution is 2.33. The Morgan fingerprint density at radius 2 is 2.26 bits per heavy atom. The van der Waals surface area contributed by atoms with Crippen molar-refractivity contribution in [3.05, 3.63) is 28.2 Å². The first-order chi connectivity index (χ1) is 9.06. The molecule has 19 heavy (non-hydrogen) atoms. The standard InChI is InChI=1S/C13H16BrNO3S/c14-12-1-2-13-11(7-12)3-5-15(13)19(16,17)9-10-4-6-18-8-10/h1-2,7,10H,3-6,8-9H2. The van der Waals surface area contributed by atoms with E-state index in [0.717, 1.165) is 28.6 Å². The maximum absolute atomic E-state index is 12.5. The monoisotopic (exact) mass is 345 g/mol. The van der Waals surface area contributed by atoms with Crippen molar-refractivity contribution in [1.29, 1.82) is 0 Å². The van der Waals surface area contributed by atoms with Gasteiger partial charge in [-0.3, -0.25) is 4.31 Å². The number of hydrogen-bond donors (Lipinski definition) is 0. The number of rotatable bonds is 3. The Bertz CT molecular complexity index is 582. The fourth-order valence-corrected chi connectivity index (χ4v) is 5.03. The largest absolute Gasteiger partial charge is 0.381 e. The minimum atomic E-state index is -3.23. The normalized spacial score (nSPS) is 22.8. The first-order valence-corrected chi connectivity index (χ1v) is 8.83. The Morgan fingerprint density at radius 3 is 3.00 bits per heavy atom. The summed E-state index contributed by atoms with van der Waals surface area (Å²) in [6, 6.07) is 5.78. The Kier molecular flexibility index (Phi) is 3.57. The van der Waals surface area contributed by atoms with E-state index in [9.17, 15) is 8.42 Å². The van der Waals surface area contributed by atoms with Crippen molar-refractivity contribution in [1.82, 2.24) is 0 Å². The van der Waals surface area contributed by atoms with Crippen LogP contribution >= 0.6 is 15.9 Å². The van der Waals surface area contributed by atoms with Crippen molar-refractivity contribution in [3.8, 4) is 0 Å². The third-order valence-electron chi connectivity index (χ3n) is 3.70. The van der Waals surface area contributed by atoms with Crippen LogP contribution in [0.1, 0.15) is 12.0 Å². The molecule has 0 radical (unpaired) electrons. The van der Waals surface area contributed by atoms with Gasteiger partial charge in [0.2, 0.25) is 10.0 Å². The van der Waals surface area contributed by atoms with E-state index in [0.29, 0.717) is 19.8 Å². The average molecular weight is 346 g/mol. The van der Waals surface area contributed by atoms with Crippen LogP contribution in [-0.2, 0) is 21.2 Å². The predicted octanol–water partition coefficient (Wildman–Crippen LogP) is 2.18. The fourth-order valence-electron chi connectivity index (χ4n) is 2.73. The summed E-state index contributed by atoms with van der Waals surface area (Å²) in [5.41, 5.74) is 1.93. The lowest BCUT2D eigenvalue weighted by Gasteiger charge is -2.21. The summed E-state index contributed by atoms with van der Waals surface area (Å²) in [5, 5.41) is 0. The summed E-state index contributed by atoms with van der Waals surface area (Å²) < 4.78 is 32.8. The van der Waals surface area contributed by atoms with E-state index in [2.05, 4.69) is 15.9 Å². The third kappa shape index (κ3) is 2.66. The van der Waals surface area contributed by atoms with E-state index in [-0.39, 0.29) is 11.7 Å². The molecule has 0 bridgehead atoms. The van der Waals surface area contributed by atoms with Gasteiger partial charge in [0.1, 0.15) is 0 Å². The number of anilines is 1. The zero-order valence-electron chi connectivity index (χ0n) is 10.5. The van der Waals surface area contributed by atoms with Gasteiger partial charge in [-0.1, -0.05) is 15.9 Å². The topological polar surface area (TPSA) is 46.6 Å². The van der Waals surface area contributed by atoms with Crippen LogP contribution < -0.4 is 4.31 Å². The average Bonchev–Trinajstić information content (AvgIpc) is 2.96. The lowest BCUT2D eigenvalue weighted by Crippen LogP contribution is -2.34. The zero-order valence-corrected chi connectivity index (χ0v) is 12.9. The predicted molar refractivity (Wildman–Crippen MR) is 77.9 cm³/mol. The second kappa shape index (κ2) is 5.07. The molecular formula is C13H16BrNO3S. The number of halogens is 1. The molecule has 1 atom stereocenters. The Hall–Kier alpha value is -0.590. The molecule has 1 fully saturated rings. The molecule has 104 valence electrons. The molecule has 0 aromatic heterocycles. The Morgan fingerprint density at radius 1 is 1.42 bits per heavy atom. The summed E-state index contributed by atoms with van der Waals surface area (Å²) >= 11 is 3.42. The molecule has 0 N–H and O–H groups in total. The van der Waals surface area contributed by atoms with E-state index < -0.39 is 10.0 Å². The molecular weight excluding hydrogens is 330 g/mol. The molecule has 4 nitrogen and oxygen atoms in total. The van der Waals surface area contributed by atoms with E-state index in [1.807, 2.05) is 18.2 Å². The van der Waals surface area contributed by atoms with Gasteiger partial charge in [0.05, 0.1) is 18.0 Å². The summed E-state index contributed by atoms with van der Waals surface area (Å²) in [6.45, 7) is 1.81. The lowest BCUT2D eigenvalue weighted by atomic mass is 10.2. The van der Waals surface area contributed by atoms with Crippen LogP contribution in [0.5, 0.6) is 0 Å². The van der Waals surface area contributed by atoms with Crippen molar-refractivity contribution >= 4 is 31.6 Å². The summed E-state index contributed by atoms with van der Waals surface area (Å²) in [7, 11) is -3.23. The number of sulfonamides is 1. The van der Waals surface area contributed by atoms with Gasteiger partial charge in [0, 0.05) is 23.5 Å². The van der Waals surface area contributed by atoms with Gasteiger partial charge in [-0.05, 0) is 36.6 Å². The lowest BCUT2D eigenvalue weighted by molar-refractivity contribution is 0.188. The third-order valence-corrected chi connectivity index (χ3v) is 6.14. The van der Waals surface area contributed by atoms with Gasteiger partial charge in [-0.2, -0.15) is 0 Å². The van der Waals surface area contributed by atoms with Crippen molar-refractivity contribution in [2.75, 3.05) is 29.8 Å². The van der Waals surface area contributed by atoms with Crippen LogP contribution in [0, 0.1) is 5.92 Å². The van der Waals surface area contributed by atoms with Crippen LogP contribution in [-0.4, -0.2) is 33.9 Å². The number of hydrogen-bond acceptors (Lipinski definition) is 3. The van der Waals surface area contributed by atoms with Crippen LogP contribution in [0.25, 0.3) is 0 Å². The number of ether oxygens (including phenoxy) is 1. The second-order valence-corrected chi connectivity index (χ2v) is 7.96. The van der Waals surface area contributed by atoms with Gasteiger partial charge in [-0.25, -0.2) is 8.42 Å². The minimum absolute atomic E-state index is 0.143.